The number of nitrogens with one attached hydrogen (secondary N) is 1. The zero-order valence-corrected chi connectivity index (χ0v) is 31.2. The summed E-state index contributed by atoms with van der Waals surface area (Å²) >= 11 is 3.45. The monoisotopic (exact) mass is 733 g/mol. The molecule has 51 heavy (non-hydrogen) atoms. The van der Waals surface area contributed by atoms with Crippen molar-refractivity contribution in [2.24, 2.45) is 17.8 Å². The van der Waals surface area contributed by atoms with Crippen LogP contribution in [0.2, 0.25) is 0 Å². The van der Waals surface area contributed by atoms with Gasteiger partial charge in [0, 0.05) is 36.5 Å². The van der Waals surface area contributed by atoms with E-state index in [0.29, 0.717) is 44.3 Å². The van der Waals surface area contributed by atoms with Crippen LogP contribution in [-0.2, 0) is 41.6 Å². The number of hydrogen-bond donors (Lipinski definition) is 1. The molecular formula is C40H51N3O6S2. The molecule has 4 saturated heterocycles. The third kappa shape index (κ3) is 9.38. The highest BCUT2D eigenvalue weighted by Crippen LogP contribution is 2.38. The number of carbonyl (C=O) groups excluding carboxylic acids is 5. The Morgan fingerprint density at radius 3 is 2.18 bits per heavy atom. The van der Waals surface area contributed by atoms with Crippen molar-refractivity contribution in [3.63, 3.8) is 0 Å². The minimum Gasteiger partial charge on any atom is -0.467 e. The smallest absolute Gasteiger partial charge is 0.328 e. The lowest BCUT2D eigenvalue weighted by Gasteiger charge is -2.42. The molecule has 11 heteroatoms. The molecule has 4 aliphatic heterocycles. The summed E-state index contributed by atoms with van der Waals surface area (Å²) in [5, 5.41) is 3.24. The zero-order chi connectivity index (χ0) is 35.7. The van der Waals surface area contributed by atoms with Crippen molar-refractivity contribution in [1.82, 2.24) is 15.1 Å². The topological polar surface area (TPSA) is 113 Å². The lowest BCUT2D eigenvalue weighted by molar-refractivity contribution is -0.157. The second-order valence-corrected chi connectivity index (χ2v) is 16.9. The summed E-state index contributed by atoms with van der Waals surface area (Å²) in [6, 6.07) is 18.6. The average Bonchev–Trinajstić information content (AvgIpc) is 3.32. The van der Waals surface area contributed by atoms with Gasteiger partial charge in [-0.2, -0.15) is 0 Å². The van der Waals surface area contributed by atoms with Gasteiger partial charge >= 0.3 is 5.97 Å². The van der Waals surface area contributed by atoms with Crippen molar-refractivity contribution >= 4 is 53.0 Å². The Balaban J connectivity index is 1.18. The maximum absolute atomic E-state index is 14.3. The Bertz CT molecular complexity index is 1530. The molecule has 4 fully saturated rings. The lowest BCUT2D eigenvalue weighted by atomic mass is 9.82. The molecule has 0 unspecified atom stereocenters. The molecule has 274 valence electrons. The van der Waals surface area contributed by atoms with Crippen molar-refractivity contribution in [2.75, 3.05) is 25.2 Å². The fraction of sp³-hybridized carbons (Fsp3) is 0.575. The van der Waals surface area contributed by atoms with E-state index in [1.165, 1.54) is 7.11 Å². The Labute approximate surface area is 310 Å². The predicted octanol–water partition coefficient (Wildman–Crippen LogP) is 5.65. The first-order valence-corrected chi connectivity index (χ1v) is 20.8. The molecule has 2 aromatic carbocycles. The van der Waals surface area contributed by atoms with Crippen LogP contribution in [0.25, 0.3) is 0 Å². The van der Waals surface area contributed by atoms with E-state index in [4.69, 9.17) is 4.74 Å². The molecule has 1 N–H and O–H groups in total. The van der Waals surface area contributed by atoms with Gasteiger partial charge in [0.2, 0.25) is 17.7 Å². The number of thioether (sulfide) groups is 2. The number of nitrogens with zero attached hydrogens (tertiary/aromatic N) is 2. The number of esters is 1. The van der Waals surface area contributed by atoms with E-state index in [0.717, 1.165) is 55.5 Å². The van der Waals surface area contributed by atoms with Gasteiger partial charge in [0.1, 0.15) is 17.9 Å². The van der Waals surface area contributed by atoms with E-state index >= 15 is 0 Å². The van der Waals surface area contributed by atoms with E-state index in [1.807, 2.05) is 65.6 Å². The first-order chi connectivity index (χ1) is 24.8. The van der Waals surface area contributed by atoms with E-state index in [2.05, 4.69) is 5.32 Å². The number of amides is 3. The van der Waals surface area contributed by atoms with Gasteiger partial charge in [0.05, 0.1) is 17.9 Å². The third-order valence-electron chi connectivity index (χ3n) is 11.0. The molecule has 0 spiro atoms. The second kappa shape index (κ2) is 17.9. The minimum absolute atomic E-state index is 0.0130. The maximum Gasteiger partial charge on any atom is 0.328 e. The van der Waals surface area contributed by atoms with Gasteiger partial charge in [-0.3, -0.25) is 19.2 Å². The highest BCUT2D eigenvalue weighted by molar-refractivity contribution is 8.00. The number of Topliss-reactive ketones (excluding diaryl/α,β-unsaturated/α-hetero) is 1. The number of ether oxygens (including phenoxy) is 1. The van der Waals surface area contributed by atoms with E-state index in [9.17, 15) is 24.0 Å². The third-order valence-corrected chi connectivity index (χ3v) is 13.7. The molecule has 9 nitrogen and oxygen atoms in total. The van der Waals surface area contributed by atoms with Gasteiger partial charge in [-0.05, 0) is 87.5 Å². The molecule has 4 heterocycles. The van der Waals surface area contributed by atoms with Gasteiger partial charge in [-0.25, -0.2) is 4.79 Å². The molecule has 4 aliphatic rings. The fourth-order valence-corrected chi connectivity index (χ4v) is 11.0. The fourth-order valence-electron chi connectivity index (χ4n) is 8.17. The summed E-state index contributed by atoms with van der Waals surface area (Å²) in [5.41, 5.74) is 2.06. The average molecular weight is 734 g/mol. The van der Waals surface area contributed by atoms with Gasteiger partial charge in [-0.15, -0.1) is 23.5 Å². The predicted molar refractivity (Wildman–Crippen MR) is 201 cm³/mol. The summed E-state index contributed by atoms with van der Waals surface area (Å²) < 4.78 is 5.08. The van der Waals surface area contributed by atoms with E-state index < -0.39 is 35.8 Å². The minimum atomic E-state index is -0.614. The van der Waals surface area contributed by atoms with Crippen molar-refractivity contribution in [3.05, 3.63) is 71.8 Å². The summed E-state index contributed by atoms with van der Waals surface area (Å²) in [6.07, 6.45) is 8.03. The van der Waals surface area contributed by atoms with Crippen molar-refractivity contribution in [3.8, 4) is 0 Å². The molecular weight excluding hydrogens is 683 g/mol. The van der Waals surface area contributed by atoms with Crippen molar-refractivity contribution < 1.29 is 28.7 Å². The number of ketones is 1. The summed E-state index contributed by atoms with van der Waals surface area (Å²) in [5.74, 6) is -0.651. The Morgan fingerprint density at radius 2 is 1.47 bits per heavy atom. The summed E-state index contributed by atoms with van der Waals surface area (Å²) in [6.45, 7) is 0.740. The number of methoxy groups -OCH3 is 1. The largest absolute Gasteiger partial charge is 0.467 e. The molecule has 6 rings (SSSR count). The summed E-state index contributed by atoms with van der Waals surface area (Å²) in [7, 11) is 1.36. The quantitative estimate of drug-likeness (QED) is 0.263. The van der Waals surface area contributed by atoms with Crippen LogP contribution in [-0.4, -0.2) is 87.3 Å². The van der Waals surface area contributed by atoms with Gasteiger partial charge < -0.3 is 19.9 Å². The first-order valence-electron chi connectivity index (χ1n) is 18.7. The van der Waals surface area contributed by atoms with Crippen molar-refractivity contribution in [1.29, 1.82) is 0 Å². The molecule has 0 saturated carbocycles. The van der Waals surface area contributed by atoms with Crippen LogP contribution in [0.5, 0.6) is 0 Å². The van der Waals surface area contributed by atoms with Crippen LogP contribution in [0.15, 0.2) is 60.7 Å². The van der Waals surface area contributed by atoms with Gasteiger partial charge in [0.25, 0.3) is 0 Å². The van der Waals surface area contributed by atoms with Crippen LogP contribution in [0.4, 0.5) is 0 Å². The Kier molecular flexibility index (Phi) is 13.2. The van der Waals surface area contributed by atoms with Gasteiger partial charge in [-0.1, -0.05) is 60.7 Å². The number of rotatable bonds is 13. The maximum atomic E-state index is 14.3. The van der Waals surface area contributed by atoms with Gasteiger partial charge in [0.15, 0.2) is 0 Å². The number of fused-ring (bicyclic) bond motifs is 2. The number of piperidine rings is 2. The van der Waals surface area contributed by atoms with E-state index in [-0.39, 0.29) is 40.7 Å². The normalized spacial score (nSPS) is 26.3. The summed E-state index contributed by atoms with van der Waals surface area (Å²) in [4.78, 5) is 72.2. The second-order valence-electron chi connectivity index (χ2n) is 14.4. The highest BCUT2D eigenvalue weighted by atomic mass is 32.2. The molecule has 7 atom stereocenters. The highest BCUT2D eigenvalue weighted by Gasteiger charge is 2.44. The van der Waals surface area contributed by atoms with Crippen LogP contribution in [0.1, 0.15) is 75.3 Å². The van der Waals surface area contributed by atoms with Crippen molar-refractivity contribution in [2.45, 2.75) is 99.9 Å². The number of hydrogen-bond acceptors (Lipinski definition) is 8. The first kappa shape index (κ1) is 37.4. The van der Waals surface area contributed by atoms with Crippen LogP contribution in [0.3, 0.4) is 0 Å². The molecule has 3 amide bonds. The number of benzene rings is 2. The van der Waals surface area contributed by atoms with Crippen LogP contribution < -0.4 is 5.32 Å². The molecule has 2 aromatic rings. The molecule has 0 aromatic heterocycles. The SMILES string of the molecule is COC(=O)[C@@H]1CCC[C@@H]2SCC[C@H](CC(=O)[C@H](CC[C@H](Cc3ccccc3)C(=O)N[C@H]3CS[C@H]4CCCCN4C3=O)Cc3ccccc3)C(=O)N21. The standard InChI is InChI=1S/C40H51N3O6S2/c1-49-40(48)33-15-10-17-36-43(33)38(46)31(20-22-50-36)25-34(44)29(23-27-11-4-2-5-12-27)18-19-30(24-28-13-6-3-7-14-28)37(45)41-32-26-51-35-16-8-9-21-42(35)39(32)47/h2-7,11-14,29-33,35-36H,8-10,15-26H2,1H3,(H,41,45)/t29-,30-,31-,32+,33+,35+,36+/m1/s1. The molecule has 0 aliphatic carbocycles. The van der Waals surface area contributed by atoms with Crippen LogP contribution in [0, 0.1) is 17.8 Å². The Hall–Kier alpha value is -3.31. The number of carbonyl (C=O) groups is 5. The molecule has 0 bridgehead atoms. The zero-order valence-electron chi connectivity index (χ0n) is 29.6. The van der Waals surface area contributed by atoms with E-state index in [1.54, 1.807) is 28.4 Å². The van der Waals surface area contributed by atoms with Crippen LogP contribution >= 0.6 is 23.5 Å². The lowest BCUT2D eigenvalue weighted by Crippen LogP contribution is -2.58. The Morgan fingerprint density at radius 1 is 0.804 bits per heavy atom. The molecule has 0 radical (unpaired) electrons.